The molecular formula is C21H21N5. The number of anilines is 2. The molecule has 1 aromatic heterocycles. The highest BCUT2D eigenvalue weighted by atomic mass is 15.4. The summed E-state index contributed by atoms with van der Waals surface area (Å²) >= 11 is 0. The van der Waals surface area contributed by atoms with Crippen LogP contribution in [0.1, 0.15) is 11.1 Å². The van der Waals surface area contributed by atoms with Crippen LogP contribution in [0, 0.1) is 13.8 Å². The Morgan fingerprint density at radius 3 is 2.65 bits per heavy atom. The van der Waals surface area contributed by atoms with Gasteiger partial charge >= 0.3 is 0 Å². The van der Waals surface area contributed by atoms with Gasteiger partial charge in [-0.05, 0) is 38.1 Å². The van der Waals surface area contributed by atoms with Crippen molar-refractivity contribution in [1.29, 1.82) is 0 Å². The van der Waals surface area contributed by atoms with Gasteiger partial charge in [-0.25, -0.2) is 0 Å². The number of nitrogens with one attached hydrogen (secondary N) is 2. The van der Waals surface area contributed by atoms with E-state index in [1.165, 1.54) is 11.1 Å². The summed E-state index contributed by atoms with van der Waals surface area (Å²) in [4.78, 5) is 4.64. The second kappa shape index (κ2) is 6.52. The second-order valence-corrected chi connectivity index (χ2v) is 6.55. The summed E-state index contributed by atoms with van der Waals surface area (Å²) in [6.45, 7) is 8.92. The summed E-state index contributed by atoms with van der Waals surface area (Å²) in [7, 11) is 0. The number of rotatable bonds is 4. The molecular weight excluding hydrogens is 322 g/mol. The van der Waals surface area contributed by atoms with Gasteiger partial charge in [0.05, 0.1) is 12.2 Å². The lowest BCUT2D eigenvalue weighted by molar-refractivity contribution is 0.900. The lowest BCUT2D eigenvalue weighted by Crippen LogP contribution is -2.19. The summed E-state index contributed by atoms with van der Waals surface area (Å²) < 4.78 is 1.74. The maximum absolute atomic E-state index is 4.64. The van der Waals surface area contributed by atoms with E-state index in [0.717, 1.165) is 22.6 Å². The van der Waals surface area contributed by atoms with E-state index in [9.17, 15) is 0 Å². The normalized spacial score (nSPS) is 13.0. The first-order chi connectivity index (χ1) is 12.6. The summed E-state index contributed by atoms with van der Waals surface area (Å²) in [5.74, 6) is 1.38. The molecule has 3 aromatic rings. The third-order valence-electron chi connectivity index (χ3n) is 4.30. The highest BCUT2D eigenvalue weighted by Crippen LogP contribution is 2.25. The fourth-order valence-corrected chi connectivity index (χ4v) is 2.91. The van der Waals surface area contributed by atoms with Gasteiger partial charge in [-0.3, -0.25) is 0 Å². The minimum Gasteiger partial charge on any atom is -0.379 e. The minimum atomic E-state index is 0.661. The Morgan fingerprint density at radius 2 is 1.88 bits per heavy atom. The number of nitrogens with zero attached hydrogens (tertiary/aromatic N) is 3. The maximum Gasteiger partial charge on any atom is 0.230 e. The standard InChI is InChI=1S/C21H21N5/c1-14-7-9-18(10-8-14)22-13-19-12-16(3)26-21(23-19)24-20(25-26)17-6-4-5-15(2)11-17/h4-12,22H,3,13H2,1-2H3,(H,23,24,25). The first-order valence-electron chi connectivity index (χ1n) is 8.60. The monoisotopic (exact) mass is 343 g/mol. The second-order valence-electron chi connectivity index (χ2n) is 6.55. The van der Waals surface area contributed by atoms with Gasteiger partial charge in [0, 0.05) is 16.9 Å². The molecule has 0 aliphatic carbocycles. The largest absolute Gasteiger partial charge is 0.379 e. The molecule has 1 aliphatic rings. The van der Waals surface area contributed by atoms with Crippen molar-refractivity contribution in [3.05, 3.63) is 78.0 Å². The molecule has 0 amide bonds. The molecule has 5 heteroatoms. The lowest BCUT2D eigenvalue weighted by Gasteiger charge is -2.18. The molecule has 2 N–H and O–H groups in total. The first kappa shape index (κ1) is 16.1. The van der Waals surface area contributed by atoms with Crippen LogP contribution in [0.15, 0.2) is 66.9 Å². The van der Waals surface area contributed by atoms with E-state index < -0.39 is 0 Å². The molecule has 0 unspecified atom stereocenters. The van der Waals surface area contributed by atoms with Crippen LogP contribution in [-0.4, -0.2) is 21.3 Å². The van der Waals surface area contributed by atoms with Gasteiger partial charge in [-0.15, -0.1) is 5.10 Å². The van der Waals surface area contributed by atoms with Gasteiger partial charge in [0.2, 0.25) is 5.95 Å². The fourth-order valence-electron chi connectivity index (χ4n) is 2.91. The summed E-state index contributed by atoms with van der Waals surface area (Å²) in [5, 5.41) is 11.3. The average molecular weight is 343 g/mol. The molecule has 0 atom stereocenters. The van der Waals surface area contributed by atoms with Crippen molar-refractivity contribution in [2.24, 2.45) is 0 Å². The van der Waals surface area contributed by atoms with E-state index in [0.29, 0.717) is 18.3 Å². The van der Waals surface area contributed by atoms with Crippen LogP contribution >= 0.6 is 0 Å². The molecule has 2 aromatic carbocycles. The third kappa shape index (κ3) is 3.24. The zero-order valence-electron chi connectivity index (χ0n) is 15.0. The Bertz CT molecular complexity index is 995. The maximum atomic E-state index is 4.64. The highest BCUT2D eigenvalue weighted by molar-refractivity contribution is 5.69. The number of benzene rings is 2. The van der Waals surface area contributed by atoms with Gasteiger partial charge < -0.3 is 10.6 Å². The third-order valence-corrected chi connectivity index (χ3v) is 4.30. The number of aromatic nitrogens is 3. The number of fused-ring (bicyclic) bond motifs is 1. The van der Waals surface area contributed by atoms with E-state index in [-0.39, 0.29) is 0 Å². The quantitative estimate of drug-likeness (QED) is 0.735. The zero-order chi connectivity index (χ0) is 18.1. The predicted octanol–water partition coefficient (Wildman–Crippen LogP) is 4.45. The Hall–Kier alpha value is -3.34. The number of allylic oxidation sites excluding steroid dienone is 2. The average Bonchev–Trinajstić information content (AvgIpc) is 3.06. The molecule has 0 bridgehead atoms. The van der Waals surface area contributed by atoms with E-state index in [1.54, 1.807) is 4.68 Å². The fraction of sp³-hybridized carbons (Fsp3) is 0.143. The molecule has 0 saturated carbocycles. The number of hydrogen-bond acceptors (Lipinski definition) is 4. The smallest absolute Gasteiger partial charge is 0.230 e. The lowest BCUT2D eigenvalue weighted by atomic mass is 10.1. The van der Waals surface area contributed by atoms with Gasteiger partial charge in [-0.2, -0.15) is 9.67 Å². The number of aryl methyl sites for hydroxylation is 2. The first-order valence-corrected chi connectivity index (χ1v) is 8.60. The van der Waals surface area contributed by atoms with Crippen LogP contribution in [0.5, 0.6) is 0 Å². The van der Waals surface area contributed by atoms with E-state index >= 15 is 0 Å². The molecule has 4 rings (SSSR count). The van der Waals surface area contributed by atoms with Crippen molar-refractivity contribution in [2.45, 2.75) is 13.8 Å². The molecule has 130 valence electrons. The zero-order valence-corrected chi connectivity index (χ0v) is 15.0. The van der Waals surface area contributed by atoms with Crippen molar-refractivity contribution < 1.29 is 0 Å². The van der Waals surface area contributed by atoms with Crippen LogP contribution in [0.25, 0.3) is 17.1 Å². The van der Waals surface area contributed by atoms with Crippen LogP contribution in [0.4, 0.5) is 11.6 Å². The topological polar surface area (TPSA) is 54.8 Å². The predicted molar refractivity (Wildman–Crippen MR) is 107 cm³/mol. The Labute approximate surface area is 153 Å². The number of hydrogen-bond donors (Lipinski definition) is 2. The van der Waals surface area contributed by atoms with Crippen LogP contribution < -0.4 is 10.6 Å². The summed E-state index contributed by atoms with van der Waals surface area (Å²) in [5.41, 5.74) is 6.31. The molecule has 1 aliphatic heterocycles. The van der Waals surface area contributed by atoms with Gasteiger partial charge in [0.1, 0.15) is 0 Å². The Morgan fingerprint density at radius 1 is 1.08 bits per heavy atom. The van der Waals surface area contributed by atoms with E-state index in [2.05, 4.69) is 77.5 Å². The molecule has 2 heterocycles. The van der Waals surface area contributed by atoms with Gasteiger partial charge in [-0.1, -0.05) is 48.0 Å². The van der Waals surface area contributed by atoms with E-state index in [1.807, 2.05) is 18.2 Å². The van der Waals surface area contributed by atoms with Crippen LogP contribution in [0.2, 0.25) is 0 Å². The van der Waals surface area contributed by atoms with Gasteiger partial charge in [0.15, 0.2) is 5.82 Å². The van der Waals surface area contributed by atoms with E-state index in [4.69, 9.17) is 0 Å². The molecule has 0 radical (unpaired) electrons. The van der Waals surface area contributed by atoms with Crippen molar-refractivity contribution in [3.63, 3.8) is 0 Å². The minimum absolute atomic E-state index is 0.661. The molecule has 0 spiro atoms. The molecule has 5 nitrogen and oxygen atoms in total. The Balaban J connectivity index is 1.51. The molecule has 26 heavy (non-hydrogen) atoms. The van der Waals surface area contributed by atoms with Crippen LogP contribution in [0.3, 0.4) is 0 Å². The SMILES string of the molecule is C=C1C=C(CNc2ccc(C)cc2)Nc2nc(-c3cccc(C)c3)nn21. The van der Waals surface area contributed by atoms with Crippen molar-refractivity contribution in [2.75, 3.05) is 17.2 Å². The van der Waals surface area contributed by atoms with Crippen molar-refractivity contribution >= 4 is 17.3 Å². The summed E-state index contributed by atoms with van der Waals surface area (Å²) in [6, 6.07) is 16.5. The van der Waals surface area contributed by atoms with Crippen molar-refractivity contribution in [1.82, 2.24) is 14.8 Å². The Kier molecular flexibility index (Phi) is 4.05. The summed E-state index contributed by atoms with van der Waals surface area (Å²) in [6.07, 6.45) is 1.99. The van der Waals surface area contributed by atoms with Gasteiger partial charge in [0.25, 0.3) is 0 Å². The van der Waals surface area contributed by atoms with Crippen molar-refractivity contribution in [3.8, 4) is 11.4 Å². The van der Waals surface area contributed by atoms with Crippen LogP contribution in [-0.2, 0) is 0 Å². The molecule has 0 saturated heterocycles. The highest BCUT2D eigenvalue weighted by Gasteiger charge is 2.18. The molecule has 0 fully saturated rings.